The molecule has 0 aliphatic heterocycles. The van der Waals surface area contributed by atoms with E-state index >= 15 is 0 Å². The minimum absolute atomic E-state index is 0.0414. The van der Waals surface area contributed by atoms with E-state index in [-0.39, 0.29) is 23.4 Å². The van der Waals surface area contributed by atoms with Gasteiger partial charge in [-0.05, 0) is 69.5 Å². The monoisotopic (exact) mass is 569 g/mol. The van der Waals surface area contributed by atoms with Crippen molar-refractivity contribution in [2.24, 2.45) is 0 Å². The number of hydrogen-bond donors (Lipinski definition) is 1. The molecule has 3 aromatic rings. The lowest BCUT2D eigenvalue weighted by Gasteiger charge is -2.33. The van der Waals surface area contributed by atoms with Gasteiger partial charge in [0.2, 0.25) is 11.8 Å². The fraction of sp³-hybridized carbons (Fsp3) is 0.333. The lowest BCUT2D eigenvalue weighted by Crippen LogP contribution is -2.52. The Hall–Kier alpha value is -3.36. The SMILES string of the molecule is CC[C@H](C)NC(=O)[C@@H](C)N(Cc1ccccc1Cl)C(=O)CN(c1ccc(C)cc1C)S(=O)(=O)c1ccccc1. The Morgan fingerprint density at radius 3 is 2.21 bits per heavy atom. The highest BCUT2D eigenvalue weighted by atomic mass is 35.5. The molecule has 2 atom stereocenters. The molecule has 0 bridgehead atoms. The lowest BCUT2D eigenvalue weighted by molar-refractivity contribution is -0.139. The first-order chi connectivity index (χ1) is 18.4. The second-order valence-electron chi connectivity index (χ2n) is 9.72. The Morgan fingerprint density at radius 2 is 1.59 bits per heavy atom. The summed E-state index contributed by atoms with van der Waals surface area (Å²) in [6, 6.07) is 19.5. The van der Waals surface area contributed by atoms with Crippen LogP contribution in [0.1, 0.15) is 43.9 Å². The molecule has 0 fully saturated rings. The zero-order valence-corrected chi connectivity index (χ0v) is 24.6. The van der Waals surface area contributed by atoms with Crippen LogP contribution in [0.15, 0.2) is 77.7 Å². The number of benzene rings is 3. The molecule has 1 N–H and O–H groups in total. The molecule has 3 rings (SSSR count). The van der Waals surface area contributed by atoms with E-state index in [2.05, 4.69) is 5.32 Å². The molecule has 0 spiro atoms. The average molecular weight is 570 g/mol. The summed E-state index contributed by atoms with van der Waals surface area (Å²) in [5.74, 6) is -0.852. The van der Waals surface area contributed by atoms with Crippen LogP contribution in [-0.2, 0) is 26.2 Å². The Bertz CT molecular complexity index is 1410. The first-order valence-corrected chi connectivity index (χ1v) is 14.8. The third kappa shape index (κ3) is 7.40. The summed E-state index contributed by atoms with van der Waals surface area (Å²) in [6.07, 6.45) is 0.729. The molecule has 9 heteroatoms. The highest BCUT2D eigenvalue weighted by Gasteiger charge is 2.33. The Morgan fingerprint density at radius 1 is 0.949 bits per heavy atom. The average Bonchev–Trinajstić information content (AvgIpc) is 2.91. The minimum Gasteiger partial charge on any atom is -0.352 e. The van der Waals surface area contributed by atoms with E-state index in [0.29, 0.717) is 21.8 Å². The summed E-state index contributed by atoms with van der Waals surface area (Å²) >= 11 is 6.41. The molecule has 39 heavy (non-hydrogen) atoms. The molecule has 0 aromatic heterocycles. The van der Waals surface area contributed by atoms with Crippen molar-refractivity contribution in [2.75, 3.05) is 10.8 Å². The van der Waals surface area contributed by atoms with Gasteiger partial charge in [0.1, 0.15) is 12.6 Å². The number of halogens is 1. The summed E-state index contributed by atoms with van der Waals surface area (Å²) in [6.45, 7) is 8.76. The van der Waals surface area contributed by atoms with Gasteiger partial charge in [0.15, 0.2) is 0 Å². The van der Waals surface area contributed by atoms with Gasteiger partial charge in [-0.3, -0.25) is 13.9 Å². The highest BCUT2D eigenvalue weighted by Crippen LogP contribution is 2.28. The fourth-order valence-corrected chi connectivity index (χ4v) is 5.87. The van der Waals surface area contributed by atoms with Crippen LogP contribution in [0.4, 0.5) is 5.69 Å². The molecule has 0 saturated carbocycles. The van der Waals surface area contributed by atoms with Crippen molar-refractivity contribution in [1.29, 1.82) is 0 Å². The van der Waals surface area contributed by atoms with Gasteiger partial charge in [0.25, 0.3) is 10.0 Å². The van der Waals surface area contributed by atoms with Gasteiger partial charge in [-0.25, -0.2) is 8.42 Å². The van der Waals surface area contributed by atoms with Gasteiger partial charge in [0.05, 0.1) is 10.6 Å². The van der Waals surface area contributed by atoms with Crippen LogP contribution in [0, 0.1) is 13.8 Å². The van der Waals surface area contributed by atoms with Crippen molar-refractivity contribution < 1.29 is 18.0 Å². The number of hydrogen-bond acceptors (Lipinski definition) is 4. The van der Waals surface area contributed by atoms with Gasteiger partial charge < -0.3 is 10.2 Å². The van der Waals surface area contributed by atoms with Crippen molar-refractivity contribution in [3.8, 4) is 0 Å². The van der Waals surface area contributed by atoms with Crippen LogP contribution in [0.2, 0.25) is 5.02 Å². The molecule has 0 aliphatic rings. The number of rotatable bonds is 11. The van der Waals surface area contributed by atoms with Gasteiger partial charge in [0, 0.05) is 17.6 Å². The topological polar surface area (TPSA) is 86.8 Å². The number of amides is 2. The van der Waals surface area contributed by atoms with Crippen LogP contribution in [0.5, 0.6) is 0 Å². The van der Waals surface area contributed by atoms with Crippen molar-refractivity contribution in [2.45, 2.75) is 64.6 Å². The van der Waals surface area contributed by atoms with Crippen molar-refractivity contribution in [3.63, 3.8) is 0 Å². The van der Waals surface area contributed by atoms with E-state index in [9.17, 15) is 18.0 Å². The first-order valence-electron chi connectivity index (χ1n) is 12.9. The molecule has 0 radical (unpaired) electrons. The molecule has 208 valence electrons. The third-order valence-corrected chi connectivity index (χ3v) is 8.84. The maximum atomic E-state index is 14.0. The molecule has 0 aliphatic carbocycles. The van der Waals surface area contributed by atoms with Gasteiger partial charge in [-0.1, -0.05) is 72.6 Å². The van der Waals surface area contributed by atoms with Gasteiger partial charge >= 0.3 is 0 Å². The summed E-state index contributed by atoms with van der Waals surface area (Å²) in [4.78, 5) is 28.6. The number of nitrogens with zero attached hydrogens (tertiary/aromatic N) is 2. The zero-order chi connectivity index (χ0) is 28.7. The predicted octanol–water partition coefficient (Wildman–Crippen LogP) is 5.48. The smallest absolute Gasteiger partial charge is 0.264 e. The summed E-state index contributed by atoms with van der Waals surface area (Å²) < 4.78 is 28.9. The van der Waals surface area contributed by atoms with E-state index in [1.54, 1.807) is 55.5 Å². The molecule has 0 heterocycles. The van der Waals surface area contributed by atoms with Gasteiger partial charge in [-0.15, -0.1) is 0 Å². The molecule has 3 aromatic carbocycles. The summed E-state index contributed by atoms with van der Waals surface area (Å²) in [5.41, 5.74) is 2.73. The second-order valence-corrected chi connectivity index (χ2v) is 12.0. The largest absolute Gasteiger partial charge is 0.352 e. The molecule has 0 unspecified atom stereocenters. The Kier molecular flexibility index (Phi) is 10.2. The molecule has 2 amide bonds. The first kappa shape index (κ1) is 30.2. The Labute approximate surface area is 236 Å². The van der Waals surface area contributed by atoms with E-state index < -0.39 is 28.5 Å². The van der Waals surface area contributed by atoms with Crippen molar-refractivity contribution in [3.05, 3.63) is 94.5 Å². The van der Waals surface area contributed by atoms with Crippen LogP contribution in [0.3, 0.4) is 0 Å². The third-order valence-electron chi connectivity index (χ3n) is 6.70. The Balaban J connectivity index is 2.06. The van der Waals surface area contributed by atoms with Crippen molar-refractivity contribution in [1.82, 2.24) is 10.2 Å². The number of sulfonamides is 1. The zero-order valence-electron chi connectivity index (χ0n) is 23.0. The molecular weight excluding hydrogens is 534 g/mol. The number of aryl methyl sites for hydroxylation is 2. The number of carbonyl (C=O) groups excluding carboxylic acids is 2. The maximum Gasteiger partial charge on any atom is 0.264 e. The van der Waals surface area contributed by atoms with Crippen LogP contribution < -0.4 is 9.62 Å². The van der Waals surface area contributed by atoms with E-state index in [1.807, 2.05) is 39.8 Å². The van der Waals surface area contributed by atoms with Crippen molar-refractivity contribution >= 4 is 39.1 Å². The fourth-order valence-electron chi connectivity index (χ4n) is 4.18. The number of anilines is 1. The van der Waals surface area contributed by atoms with Crippen LogP contribution in [-0.4, -0.2) is 43.8 Å². The van der Waals surface area contributed by atoms with Crippen LogP contribution >= 0.6 is 11.6 Å². The number of carbonyl (C=O) groups is 2. The normalized spacial score (nSPS) is 12.9. The maximum absolute atomic E-state index is 14.0. The highest BCUT2D eigenvalue weighted by molar-refractivity contribution is 7.92. The summed E-state index contributed by atoms with van der Waals surface area (Å²) in [5, 5.41) is 3.38. The molecule has 0 saturated heterocycles. The van der Waals surface area contributed by atoms with E-state index in [1.165, 1.54) is 17.0 Å². The lowest BCUT2D eigenvalue weighted by atomic mass is 10.1. The second kappa shape index (κ2) is 13.1. The van der Waals surface area contributed by atoms with E-state index in [0.717, 1.165) is 16.3 Å². The molecular formula is C30H36ClN3O4S. The minimum atomic E-state index is -4.11. The van der Waals surface area contributed by atoms with Crippen LogP contribution in [0.25, 0.3) is 0 Å². The predicted molar refractivity (Wildman–Crippen MR) is 156 cm³/mol. The molecule has 7 nitrogen and oxygen atoms in total. The summed E-state index contributed by atoms with van der Waals surface area (Å²) in [7, 11) is -4.11. The standard InChI is InChI=1S/C30H36ClN3O4S/c1-6-23(4)32-30(36)24(5)33(19-25-12-10-11-15-27(25)31)29(35)20-34(28-17-16-21(2)18-22(28)3)39(37,38)26-13-8-7-9-14-26/h7-18,23-24H,6,19-20H2,1-5H3,(H,32,36)/t23-,24+/m0/s1. The van der Waals surface area contributed by atoms with Gasteiger partial charge in [-0.2, -0.15) is 0 Å². The number of nitrogens with one attached hydrogen (secondary N) is 1. The van der Waals surface area contributed by atoms with E-state index in [4.69, 9.17) is 11.6 Å². The quantitative estimate of drug-likeness (QED) is 0.331.